The highest BCUT2D eigenvalue weighted by molar-refractivity contribution is 9.10. The van der Waals surface area contributed by atoms with Crippen molar-refractivity contribution in [1.29, 1.82) is 0 Å². The molecule has 128 valence electrons. The Morgan fingerprint density at radius 3 is 2.39 bits per heavy atom. The SMILES string of the molecule is FC(F)(F)c1ccc(Br)c([C@@H](C2CCCC2)N2CCNCC2)c1. The van der Waals surface area contributed by atoms with Crippen LogP contribution in [0.2, 0.25) is 0 Å². The van der Waals surface area contributed by atoms with Gasteiger partial charge in [-0.2, -0.15) is 13.2 Å². The molecule has 1 aliphatic carbocycles. The Balaban J connectivity index is 1.98. The van der Waals surface area contributed by atoms with E-state index in [1.54, 1.807) is 6.07 Å². The van der Waals surface area contributed by atoms with Gasteiger partial charge in [-0.25, -0.2) is 0 Å². The van der Waals surface area contributed by atoms with E-state index in [1.807, 2.05) is 0 Å². The van der Waals surface area contributed by atoms with Crippen LogP contribution in [0, 0.1) is 5.92 Å². The lowest BCUT2D eigenvalue weighted by atomic mass is 9.89. The number of nitrogens with zero attached hydrogens (tertiary/aromatic N) is 1. The molecule has 2 fully saturated rings. The smallest absolute Gasteiger partial charge is 0.314 e. The summed E-state index contributed by atoms with van der Waals surface area (Å²) >= 11 is 3.50. The van der Waals surface area contributed by atoms with Crippen LogP contribution in [0.25, 0.3) is 0 Å². The average Bonchev–Trinajstić information content (AvgIpc) is 3.03. The lowest BCUT2D eigenvalue weighted by Gasteiger charge is -2.39. The number of hydrogen-bond donors (Lipinski definition) is 1. The molecule has 1 aliphatic heterocycles. The summed E-state index contributed by atoms with van der Waals surface area (Å²) in [6.45, 7) is 3.59. The van der Waals surface area contributed by atoms with Gasteiger partial charge in [-0.15, -0.1) is 0 Å². The molecule has 0 amide bonds. The molecule has 0 spiro atoms. The maximum atomic E-state index is 13.1. The highest BCUT2D eigenvalue weighted by atomic mass is 79.9. The van der Waals surface area contributed by atoms with Crippen LogP contribution >= 0.6 is 15.9 Å². The fourth-order valence-corrected chi connectivity index (χ4v) is 4.41. The Morgan fingerprint density at radius 2 is 1.78 bits per heavy atom. The Hall–Kier alpha value is -0.590. The molecule has 1 atom stereocenters. The van der Waals surface area contributed by atoms with Gasteiger partial charge in [-0.1, -0.05) is 28.8 Å². The van der Waals surface area contributed by atoms with Crippen molar-refractivity contribution in [3.8, 4) is 0 Å². The summed E-state index contributed by atoms with van der Waals surface area (Å²) < 4.78 is 40.2. The lowest BCUT2D eigenvalue weighted by Crippen LogP contribution is -2.46. The van der Waals surface area contributed by atoms with E-state index >= 15 is 0 Å². The molecule has 0 aromatic heterocycles. The molecule has 1 aromatic carbocycles. The molecule has 0 radical (unpaired) electrons. The van der Waals surface area contributed by atoms with E-state index < -0.39 is 11.7 Å². The Labute approximate surface area is 143 Å². The van der Waals surface area contributed by atoms with Crippen LogP contribution in [0.4, 0.5) is 13.2 Å². The summed E-state index contributed by atoms with van der Waals surface area (Å²) in [5.41, 5.74) is 0.252. The second kappa shape index (κ2) is 7.11. The maximum absolute atomic E-state index is 13.1. The molecule has 1 aromatic rings. The van der Waals surface area contributed by atoms with Crippen molar-refractivity contribution in [3.63, 3.8) is 0 Å². The third-order valence-electron chi connectivity index (χ3n) is 5.03. The van der Waals surface area contributed by atoms with Crippen molar-refractivity contribution in [1.82, 2.24) is 10.2 Å². The van der Waals surface area contributed by atoms with E-state index in [0.717, 1.165) is 55.1 Å². The summed E-state index contributed by atoms with van der Waals surface area (Å²) in [6, 6.07) is 4.16. The van der Waals surface area contributed by atoms with E-state index in [2.05, 4.69) is 26.1 Å². The first-order valence-corrected chi connectivity index (χ1v) is 9.07. The van der Waals surface area contributed by atoms with Crippen molar-refractivity contribution >= 4 is 15.9 Å². The van der Waals surface area contributed by atoms with Crippen LogP contribution in [0.15, 0.2) is 22.7 Å². The molecular formula is C17H22BrF3N2. The van der Waals surface area contributed by atoms with E-state index in [1.165, 1.54) is 18.9 Å². The van der Waals surface area contributed by atoms with Crippen LogP contribution in [-0.2, 0) is 6.18 Å². The fourth-order valence-electron chi connectivity index (χ4n) is 3.93. The number of nitrogens with one attached hydrogen (secondary N) is 1. The molecular weight excluding hydrogens is 369 g/mol. The van der Waals surface area contributed by atoms with Gasteiger partial charge in [0.2, 0.25) is 0 Å². The minimum absolute atomic E-state index is 0.0799. The van der Waals surface area contributed by atoms with Crippen molar-refractivity contribution < 1.29 is 13.2 Å². The minimum Gasteiger partial charge on any atom is -0.314 e. The summed E-state index contributed by atoms with van der Waals surface area (Å²) in [5.74, 6) is 0.452. The Bertz CT molecular complexity index is 535. The monoisotopic (exact) mass is 390 g/mol. The summed E-state index contributed by atoms with van der Waals surface area (Å²) in [6.07, 6.45) is 0.293. The van der Waals surface area contributed by atoms with Crippen LogP contribution in [0.5, 0.6) is 0 Å². The molecule has 23 heavy (non-hydrogen) atoms. The Kier molecular flexibility index (Phi) is 5.33. The number of benzene rings is 1. The second-order valence-corrected chi connectivity index (χ2v) is 7.36. The summed E-state index contributed by atoms with van der Waals surface area (Å²) in [4.78, 5) is 2.37. The van der Waals surface area contributed by atoms with Gasteiger partial charge in [0.1, 0.15) is 0 Å². The molecule has 1 saturated carbocycles. The van der Waals surface area contributed by atoms with Crippen molar-refractivity contribution in [2.75, 3.05) is 26.2 Å². The van der Waals surface area contributed by atoms with Crippen molar-refractivity contribution in [2.45, 2.75) is 37.9 Å². The van der Waals surface area contributed by atoms with Crippen LogP contribution in [0.3, 0.4) is 0 Å². The first kappa shape index (κ1) is 17.2. The normalized spacial score (nSPS) is 22.4. The predicted octanol–water partition coefficient (Wildman–Crippen LogP) is 4.60. The minimum atomic E-state index is -4.29. The first-order chi connectivity index (χ1) is 11.0. The van der Waals surface area contributed by atoms with Crippen molar-refractivity contribution in [2.24, 2.45) is 5.92 Å². The van der Waals surface area contributed by atoms with Gasteiger partial charge in [0, 0.05) is 36.7 Å². The van der Waals surface area contributed by atoms with Crippen LogP contribution in [-0.4, -0.2) is 31.1 Å². The van der Waals surface area contributed by atoms with E-state index in [4.69, 9.17) is 0 Å². The van der Waals surface area contributed by atoms with Crippen LogP contribution < -0.4 is 5.32 Å². The van der Waals surface area contributed by atoms with Gasteiger partial charge in [-0.3, -0.25) is 4.90 Å². The average molecular weight is 391 g/mol. The van der Waals surface area contributed by atoms with Crippen molar-refractivity contribution in [3.05, 3.63) is 33.8 Å². The van der Waals surface area contributed by atoms with Gasteiger partial charge in [0.25, 0.3) is 0 Å². The first-order valence-electron chi connectivity index (χ1n) is 8.28. The zero-order chi connectivity index (χ0) is 16.4. The number of rotatable bonds is 3. The van der Waals surface area contributed by atoms with E-state index in [9.17, 15) is 13.2 Å². The largest absolute Gasteiger partial charge is 0.416 e. The molecule has 1 heterocycles. The van der Waals surface area contributed by atoms with E-state index in [0.29, 0.717) is 5.92 Å². The molecule has 6 heteroatoms. The molecule has 3 rings (SSSR count). The standard InChI is InChI=1S/C17H22BrF3N2/c18-15-6-5-13(17(19,20)21)11-14(15)16(12-3-1-2-4-12)23-9-7-22-8-10-23/h5-6,11-12,16,22H,1-4,7-10H2/t16-/m1/s1. The quantitative estimate of drug-likeness (QED) is 0.810. The third kappa shape index (κ3) is 3.91. The lowest BCUT2D eigenvalue weighted by molar-refractivity contribution is -0.137. The Morgan fingerprint density at radius 1 is 1.13 bits per heavy atom. The predicted molar refractivity (Wildman–Crippen MR) is 88.3 cm³/mol. The number of hydrogen-bond acceptors (Lipinski definition) is 2. The molecule has 0 bridgehead atoms. The fraction of sp³-hybridized carbons (Fsp3) is 0.647. The second-order valence-electron chi connectivity index (χ2n) is 6.51. The van der Waals surface area contributed by atoms with Gasteiger partial charge >= 0.3 is 6.18 Å². The highest BCUT2D eigenvalue weighted by Crippen LogP contribution is 2.43. The zero-order valence-corrected chi connectivity index (χ0v) is 14.6. The molecule has 2 nitrogen and oxygen atoms in total. The highest BCUT2D eigenvalue weighted by Gasteiger charge is 2.36. The number of halogens is 4. The van der Waals surface area contributed by atoms with Crippen LogP contribution in [0.1, 0.15) is 42.9 Å². The maximum Gasteiger partial charge on any atom is 0.416 e. The van der Waals surface area contributed by atoms with Gasteiger partial charge < -0.3 is 5.32 Å². The molecule has 1 N–H and O–H groups in total. The topological polar surface area (TPSA) is 15.3 Å². The van der Waals surface area contributed by atoms with Gasteiger partial charge in [0.05, 0.1) is 5.56 Å². The van der Waals surface area contributed by atoms with Gasteiger partial charge in [-0.05, 0) is 42.5 Å². The molecule has 0 unspecified atom stereocenters. The number of alkyl halides is 3. The number of piperazine rings is 1. The summed E-state index contributed by atoms with van der Waals surface area (Å²) in [5, 5.41) is 3.33. The van der Waals surface area contributed by atoms with Gasteiger partial charge in [0.15, 0.2) is 0 Å². The summed E-state index contributed by atoms with van der Waals surface area (Å²) in [7, 11) is 0. The van der Waals surface area contributed by atoms with E-state index in [-0.39, 0.29) is 6.04 Å². The molecule has 1 saturated heterocycles. The third-order valence-corrected chi connectivity index (χ3v) is 5.76. The molecule has 2 aliphatic rings. The zero-order valence-electron chi connectivity index (χ0n) is 13.0.